The van der Waals surface area contributed by atoms with Crippen LogP contribution >= 0.6 is 11.3 Å². The van der Waals surface area contributed by atoms with Gasteiger partial charge in [0.15, 0.2) is 4.21 Å². The first-order chi connectivity index (χ1) is 9.42. The Kier molecular flexibility index (Phi) is 4.42. The maximum absolute atomic E-state index is 12.1. The van der Waals surface area contributed by atoms with Gasteiger partial charge < -0.3 is 5.32 Å². The number of hydrogen-bond acceptors (Lipinski definition) is 5. The number of thiazole rings is 1. The molecule has 0 aliphatic rings. The Bertz CT molecular complexity index is 678. The van der Waals surface area contributed by atoms with Crippen LogP contribution in [0.1, 0.15) is 23.5 Å². The molecule has 7 heteroatoms. The number of anilines is 1. The van der Waals surface area contributed by atoms with E-state index in [2.05, 4.69) is 15.0 Å². The summed E-state index contributed by atoms with van der Waals surface area (Å²) in [7, 11) is -1.66. The van der Waals surface area contributed by atoms with Gasteiger partial charge in [0.25, 0.3) is 10.0 Å². The van der Waals surface area contributed by atoms with Crippen molar-refractivity contribution in [2.45, 2.75) is 24.1 Å². The third-order valence-corrected chi connectivity index (χ3v) is 5.72. The average Bonchev–Trinajstić information content (AvgIpc) is 2.86. The second-order valence-corrected chi connectivity index (χ2v) is 7.58. The molecule has 0 aliphatic heterocycles. The molecule has 0 bridgehead atoms. The van der Waals surface area contributed by atoms with Crippen molar-refractivity contribution in [3.05, 3.63) is 41.0 Å². The van der Waals surface area contributed by atoms with Gasteiger partial charge in [0.1, 0.15) is 0 Å². The first kappa shape index (κ1) is 15.0. The molecule has 0 spiro atoms. The molecule has 0 saturated heterocycles. The van der Waals surface area contributed by atoms with Crippen LogP contribution in [-0.4, -0.2) is 20.4 Å². The van der Waals surface area contributed by atoms with E-state index in [9.17, 15) is 8.42 Å². The van der Waals surface area contributed by atoms with Crippen molar-refractivity contribution in [3.63, 3.8) is 0 Å². The molecule has 20 heavy (non-hydrogen) atoms. The Labute approximate surface area is 123 Å². The van der Waals surface area contributed by atoms with E-state index in [4.69, 9.17) is 0 Å². The molecule has 0 radical (unpaired) electrons. The Hall–Kier alpha value is -1.44. The first-order valence-corrected chi connectivity index (χ1v) is 8.45. The van der Waals surface area contributed by atoms with Crippen molar-refractivity contribution >= 4 is 27.0 Å². The number of aromatic nitrogens is 1. The minimum Gasteiger partial charge on any atom is -0.313 e. The average molecular weight is 311 g/mol. The van der Waals surface area contributed by atoms with E-state index in [1.54, 1.807) is 19.1 Å². The summed E-state index contributed by atoms with van der Waals surface area (Å²) in [6, 6.07) is 7.54. The molecule has 0 saturated carbocycles. The second-order valence-electron chi connectivity index (χ2n) is 4.44. The summed E-state index contributed by atoms with van der Waals surface area (Å²) < 4.78 is 27.1. The molecule has 1 unspecified atom stereocenters. The van der Waals surface area contributed by atoms with Gasteiger partial charge >= 0.3 is 0 Å². The number of nitrogens with one attached hydrogen (secondary N) is 2. The molecule has 0 aliphatic carbocycles. The van der Waals surface area contributed by atoms with Gasteiger partial charge in [0.05, 0.1) is 11.2 Å². The lowest BCUT2D eigenvalue weighted by Crippen LogP contribution is -2.13. The quantitative estimate of drug-likeness (QED) is 0.890. The van der Waals surface area contributed by atoms with Gasteiger partial charge in [-0.05, 0) is 38.6 Å². The van der Waals surface area contributed by atoms with Crippen LogP contribution in [0.5, 0.6) is 0 Å². The SMILES string of the molecule is CNC(C)c1ccc(NS(=O)(=O)c2cnc(C)s2)cc1. The molecule has 5 nitrogen and oxygen atoms in total. The van der Waals surface area contributed by atoms with Gasteiger partial charge in [-0.25, -0.2) is 13.4 Å². The van der Waals surface area contributed by atoms with Crippen molar-refractivity contribution in [3.8, 4) is 0 Å². The summed E-state index contributed by atoms with van der Waals surface area (Å²) in [5.41, 5.74) is 1.65. The van der Waals surface area contributed by atoms with Crippen molar-refractivity contribution in [2.75, 3.05) is 11.8 Å². The normalized spacial score (nSPS) is 13.2. The summed E-state index contributed by atoms with van der Waals surface area (Å²) in [4.78, 5) is 3.96. The molecule has 2 N–H and O–H groups in total. The standard InChI is InChI=1S/C13H17N3O2S2/c1-9(14-3)11-4-6-12(7-5-11)16-20(17,18)13-8-15-10(2)19-13/h4-9,14,16H,1-3H3. The van der Waals surface area contributed by atoms with E-state index < -0.39 is 10.0 Å². The van der Waals surface area contributed by atoms with Crippen molar-refractivity contribution in [1.29, 1.82) is 0 Å². The maximum Gasteiger partial charge on any atom is 0.273 e. The molecule has 2 aromatic rings. The molecule has 1 aromatic heterocycles. The summed E-state index contributed by atoms with van der Waals surface area (Å²) in [6.45, 7) is 3.82. The molecule has 1 heterocycles. The van der Waals surface area contributed by atoms with Crippen LogP contribution in [0.25, 0.3) is 0 Å². The second kappa shape index (κ2) is 5.90. The highest BCUT2D eigenvalue weighted by atomic mass is 32.2. The fourth-order valence-electron chi connectivity index (χ4n) is 1.68. The van der Waals surface area contributed by atoms with E-state index in [-0.39, 0.29) is 10.3 Å². The van der Waals surface area contributed by atoms with Gasteiger partial charge in [-0.1, -0.05) is 12.1 Å². The van der Waals surface area contributed by atoms with Gasteiger partial charge in [0, 0.05) is 11.7 Å². The van der Waals surface area contributed by atoms with Crippen molar-refractivity contribution < 1.29 is 8.42 Å². The lowest BCUT2D eigenvalue weighted by molar-refractivity contribution is 0.603. The lowest BCUT2D eigenvalue weighted by atomic mass is 10.1. The highest BCUT2D eigenvalue weighted by Gasteiger charge is 2.17. The van der Waals surface area contributed by atoms with Gasteiger partial charge in [-0.2, -0.15) is 0 Å². The molecule has 2 rings (SSSR count). The summed E-state index contributed by atoms with van der Waals surface area (Å²) in [5.74, 6) is 0. The molecule has 0 fully saturated rings. The summed E-state index contributed by atoms with van der Waals surface area (Å²) in [6.07, 6.45) is 1.37. The monoisotopic (exact) mass is 311 g/mol. The van der Waals surface area contributed by atoms with E-state index >= 15 is 0 Å². The smallest absolute Gasteiger partial charge is 0.273 e. The molecular formula is C13H17N3O2S2. The van der Waals surface area contributed by atoms with Crippen LogP contribution in [-0.2, 0) is 10.0 Å². The minimum absolute atomic E-state index is 0.225. The Morgan fingerprint density at radius 1 is 1.25 bits per heavy atom. The summed E-state index contributed by atoms with van der Waals surface area (Å²) >= 11 is 1.15. The zero-order valence-corrected chi connectivity index (χ0v) is 13.2. The number of hydrogen-bond donors (Lipinski definition) is 2. The van der Waals surface area contributed by atoms with Crippen LogP contribution in [0.15, 0.2) is 34.7 Å². The van der Waals surface area contributed by atoms with E-state index in [0.29, 0.717) is 5.69 Å². The van der Waals surface area contributed by atoms with Crippen molar-refractivity contribution in [2.24, 2.45) is 0 Å². The number of benzene rings is 1. The van der Waals surface area contributed by atoms with E-state index in [1.165, 1.54) is 6.20 Å². The molecule has 0 amide bonds. The largest absolute Gasteiger partial charge is 0.313 e. The van der Waals surface area contributed by atoms with Crippen LogP contribution in [0, 0.1) is 6.92 Å². The van der Waals surface area contributed by atoms with Crippen LogP contribution in [0.4, 0.5) is 5.69 Å². The molecular weight excluding hydrogens is 294 g/mol. The van der Waals surface area contributed by atoms with Crippen LogP contribution < -0.4 is 10.0 Å². The highest BCUT2D eigenvalue weighted by Crippen LogP contribution is 2.22. The van der Waals surface area contributed by atoms with Gasteiger partial charge in [-0.15, -0.1) is 11.3 Å². The van der Waals surface area contributed by atoms with Crippen molar-refractivity contribution in [1.82, 2.24) is 10.3 Å². The molecule has 1 aromatic carbocycles. The van der Waals surface area contributed by atoms with Gasteiger partial charge in [0.2, 0.25) is 0 Å². The zero-order chi connectivity index (χ0) is 14.8. The lowest BCUT2D eigenvalue weighted by Gasteiger charge is -2.11. The minimum atomic E-state index is -3.54. The van der Waals surface area contributed by atoms with Gasteiger partial charge in [-0.3, -0.25) is 4.72 Å². The van der Waals surface area contributed by atoms with E-state index in [1.807, 2.05) is 26.1 Å². The molecule has 1 atom stereocenters. The fourth-order valence-corrected chi connectivity index (χ4v) is 3.84. The van der Waals surface area contributed by atoms with E-state index in [0.717, 1.165) is 21.9 Å². The third-order valence-electron chi connectivity index (χ3n) is 2.96. The third kappa shape index (κ3) is 3.36. The number of aryl methyl sites for hydroxylation is 1. The topological polar surface area (TPSA) is 71.1 Å². The van der Waals surface area contributed by atoms with Crippen LogP contribution in [0.2, 0.25) is 0 Å². The number of rotatable bonds is 5. The fraction of sp³-hybridized carbons (Fsp3) is 0.308. The Balaban J connectivity index is 2.18. The van der Waals surface area contributed by atoms with Crippen LogP contribution in [0.3, 0.4) is 0 Å². The number of nitrogens with zero attached hydrogens (tertiary/aromatic N) is 1. The predicted molar refractivity (Wildman–Crippen MR) is 81.6 cm³/mol. The Morgan fingerprint density at radius 3 is 2.40 bits per heavy atom. The number of sulfonamides is 1. The zero-order valence-electron chi connectivity index (χ0n) is 11.5. The first-order valence-electron chi connectivity index (χ1n) is 6.15. The molecule has 108 valence electrons. The Morgan fingerprint density at radius 2 is 1.90 bits per heavy atom. The predicted octanol–water partition coefficient (Wildman–Crippen LogP) is 2.53. The maximum atomic E-state index is 12.1. The summed E-state index contributed by atoms with van der Waals surface area (Å²) in [5, 5.41) is 3.86. The highest BCUT2D eigenvalue weighted by molar-refractivity contribution is 7.94.